The SMILES string of the molecule is Fc1cnc(N2C[C@H]3CCC[C@@]3(COCc3ccncc3)C2)nc1.O=C(O)C(F)(F)F.O=C(O)C(F)(F)F. The van der Waals surface area contributed by atoms with Gasteiger partial charge in [-0.05, 0) is 36.5 Å². The highest BCUT2D eigenvalue weighted by Gasteiger charge is 2.50. The van der Waals surface area contributed by atoms with Gasteiger partial charge >= 0.3 is 24.3 Å². The Kier molecular flexibility index (Phi) is 10.3. The van der Waals surface area contributed by atoms with Crippen molar-refractivity contribution in [1.29, 1.82) is 0 Å². The Bertz CT molecular complexity index is 1030. The number of aliphatic carboxylic acids is 2. The second-order valence-electron chi connectivity index (χ2n) is 8.49. The Hall–Kier alpha value is -3.56. The Morgan fingerprint density at radius 1 is 1.03 bits per heavy atom. The van der Waals surface area contributed by atoms with Crippen LogP contribution in [0.25, 0.3) is 0 Å². The van der Waals surface area contributed by atoms with E-state index >= 15 is 0 Å². The highest BCUT2D eigenvalue weighted by molar-refractivity contribution is 5.73. The van der Waals surface area contributed by atoms with Gasteiger partial charge in [0.25, 0.3) is 0 Å². The number of carbonyl (C=O) groups is 2. The first-order chi connectivity index (χ1) is 17.6. The predicted molar refractivity (Wildman–Crippen MR) is 115 cm³/mol. The number of hydrogen-bond acceptors (Lipinski definition) is 7. The van der Waals surface area contributed by atoms with Gasteiger partial charge in [0.05, 0.1) is 25.6 Å². The van der Waals surface area contributed by atoms with Gasteiger partial charge in [0.2, 0.25) is 5.95 Å². The van der Waals surface area contributed by atoms with E-state index in [9.17, 15) is 30.7 Å². The largest absolute Gasteiger partial charge is 0.490 e. The van der Waals surface area contributed by atoms with E-state index in [1.807, 2.05) is 12.1 Å². The fourth-order valence-electron chi connectivity index (χ4n) is 4.12. The molecule has 0 bridgehead atoms. The number of carboxylic acids is 2. The fraction of sp³-hybridized carbons (Fsp3) is 0.500. The molecule has 0 amide bonds. The molecular formula is C22H23F7N4O5. The summed E-state index contributed by atoms with van der Waals surface area (Å²) in [6.45, 7) is 3.19. The second-order valence-corrected chi connectivity index (χ2v) is 8.49. The van der Waals surface area contributed by atoms with E-state index in [1.54, 1.807) is 12.4 Å². The molecule has 210 valence electrons. The topological polar surface area (TPSA) is 126 Å². The second kappa shape index (κ2) is 12.8. The number of aromatic nitrogens is 3. The molecule has 2 fully saturated rings. The number of pyridine rings is 1. The fourth-order valence-corrected chi connectivity index (χ4v) is 4.12. The van der Waals surface area contributed by atoms with Crippen molar-refractivity contribution in [3.63, 3.8) is 0 Å². The minimum atomic E-state index is -5.08. The Morgan fingerprint density at radius 2 is 1.55 bits per heavy atom. The molecule has 4 rings (SSSR count). The van der Waals surface area contributed by atoms with Gasteiger partial charge in [-0.1, -0.05) is 6.42 Å². The Balaban J connectivity index is 0.000000301. The number of ether oxygens (including phenoxy) is 1. The summed E-state index contributed by atoms with van der Waals surface area (Å²) in [7, 11) is 0. The molecule has 16 heteroatoms. The van der Waals surface area contributed by atoms with Crippen LogP contribution in [0.5, 0.6) is 0 Å². The molecule has 2 aromatic heterocycles. The summed E-state index contributed by atoms with van der Waals surface area (Å²) in [4.78, 5) is 32.3. The first-order valence-electron chi connectivity index (χ1n) is 10.9. The summed E-state index contributed by atoms with van der Waals surface area (Å²) >= 11 is 0. The minimum Gasteiger partial charge on any atom is -0.475 e. The number of alkyl halides is 6. The van der Waals surface area contributed by atoms with E-state index in [-0.39, 0.29) is 5.41 Å². The monoisotopic (exact) mass is 556 g/mol. The lowest BCUT2D eigenvalue weighted by molar-refractivity contribution is -0.193. The first kappa shape index (κ1) is 30.7. The van der Waals surface area contributed by atoms with E-state index in [0.29, 0.717) is 18.5 Å². The third-order valence-electron chi connectivity index (χ3n) is 5.82. The van der Waals surface area contributed by atoms with E-state index in [1.165, 1.54) is 31.7 Å². The van der Waals surface area contributed by atoms with Gasteiger partial charge in [0.15, 0.2) is 5.82 Å². The van der Waals surface area contributed by atoms with Crippen molar-refractivity contribution in [3.05, 3.63) is 48.3 Å². The highest BCUT2D eigenvalue weighted by Crippen LogP contribution is 2.49. The molecule has 0 radical (unpaired) electrons. The van der Waals surface area contributed by atoms with Crippen LogP contribution in [-0.4, -0.2) is 69.2 Å². The van der Waals surface area contributed by atoms with Crippen LogP contribution in [0.4, 0.5) is 36.7 Å². The third-order valence-corrected chi connectivity index (χ3v) is 5.82. The smallest absolute Gasteiger partial charge is 0.475 e. The number of rotatable bonds is 5. The molecule has 2 N–H and O–H groups in total. The van der Waals surface area contributed by atoms with Crippen molar-refractivity contribution >= 4 is 17.9 Å². The average molecular weight is 556 g/mol. The van der Waals surface area contributed by atoms with Gasteiger partial charge in [-0.15, -0.1) is 0 Å². The summed E-state index contributed by atoms with van der Waals surface area (Å²) in [6.07, 6.45) is -0.466. The minimum absolute atomic E-state index is 0.171. The van der Waals surface area contributed by atoms with Crippen molar-refractivity contribution in [3.8, 4) is 0 Å². The summed E-state index contributed by atoms with van der Waals surface area (Å²) in [5.74, 6) is -4.68. The molecule has 1 saturated heterocycles. The zero-order valence-corrected chi connectivity index (χ0v) is 19.5. The van der Waals surface area contributed by atoms with Crippen LogP contribution in [0.15, 0.2) is 36.9 Å². The zero-order chi connectivity index (χ0) is 28.6. The number of anilines is 1. The van der Waals surface area contributed by atoms with Crippen LogP contribution in [0.3, 0.4) is 0 Å². The van der Waals surface area contributed by atoms with E-state index in [0.717, 1.165) is 25.3 Å². The average Bonchev–Trinajstić information content (AvgIpc) is 3.37. The van der Waals surface area contributed by atoms with Crippen molar-refractivity contribution in [1.82, 2.24) is 15.0 Å². The molecule has 9 nitrogen and oxygen atoms in total. The molecule has 38 heavy (non-hydrogen) atoms. The molecule has 1 saturated carbocycles. The van der Waals surface area contributed by atoms with Gasteiger partial charge in [-0.3, -0.25) is 4.98 Å². The van der Waals surface area contributed by atoms with E-state index in [2.05, 4.69) is 19.9 Å². The van der Waals surface area contributed by atoms with Gasteiger partial charge < -0.3 is 19.8 Å². The molecular weight excluding hydrogens is 533 g/mol. The van der Waals surface area contributed by atoms with Crippen LogP contribution in [0.2, 0.25) is 0 Å². The number of carboxylic acid groups (broad SMARTS) is 2. The maximum absolute atomic E-state index is 13.0. The van der Waals surface area contributed by atoms with Crippen LogP contribution < -0.4 is 4.90 Å². The number of fused-ring (bicyclic) bond motifs is 1. The molecule has 1 aliphatic carbocycles. The maximum atomic E-state index is 13.0. The van der Waals surface area contributed by atoms with Gasteiger partial charge in [0.1, 0.15) is 0 Å². The normalized spacial score (nSPS) is 20.5. The summed E-state index contributed by atoms with van der Waals surface area (Å²) in [5, 5.41) is 14.2. The van der Waals surface area contributed by atoms with Crippen molar-refractivity contribution < 1.29 is 55.3 Å². The molecule has 1 aliphatic heterocycles. The molecule has 3 heterocycles. The van der Waals surface area contributed by atoms with Gasteiger partial charge in [-0.2, -0.15) is 26.3 Å². The van der Waals surface area contributed by atoms with Crippen LogP contribution in [0, 0.1) is 17.2 Å². The standard InChI is InChI=1S/C18H21FN4O.2C2HF3O2/c19-16-8-21-17(22-9-16)23-10-15-2-1-5-18(15,12-23)13-24-11-14-3-6-20-7-4-14;2*3-2(4,5)1(6)7/h3-4,6-9,15H,1-2,5,10-13H2;2*(H,6,7)/t15-,18+;;/m1../s1. The third kappa shape index (κ3) is 9.08. The number of hydrogen-bond donors (Lipinski definition) is 2. The number of nitrogens with zero attached hydrogens (tertiary/aromatic N) is 4. The molecule has 2 atom stereocenters. The quantitative estimate of drug-likeness (QED) is 0.524. The lowest BCUT2D eigenvalue weighted by Crippen LogP contribution is -2.32. The number of halogens is 7. The summed E-state index contributed by atoms with van der Waals surface area (Å²) in [6, 6.07) is 3.97. The van der Waals surface area contributed by atoms with Gasteiger partial charge in [-0.25, -0.2) is 23.9 Å². The van der Waals surface area contributed by atoms with E-state index < -0.39 is 30.1 Å². The molecule has 0 aromatic carbocycles. The first-order valence-corrected chi connectivity index (χ1v) is 10.9. The lowest BCUT2D eigenvalue weighted by Gasteiger charge is -2.28. The van der Waals surface area contributed by atoms with Crippen molar-refractivity contribution in [2.75, 3.05) is 24.6 Å². The van der Waals surface area contributed by atoms with Crippen molar-refractivity contribution in [2.45, 2.75) is 38.2 Å². The van der Waals surface area contributed by atoms with Crippen molar-refractivity contribution in [2.24, 2.45) is 11.3 Å². The van der Waals surface area contributed by atoms with Crippen LogP contribution >= 0.6 is 0 Å². The highest BCUT2D eigenvalue weighted by atomic mass is 19.4. The molecule has 2 aliphatic rings. The molecule has 0 unspecified atom stereocenters. The predicted octanol–water partition coefficient (Wildman–Crippen LogP) is 4.10. The molecule has 2 aromatic rings. The van der Waals surface area contributed by atoms with Gasteiger partial charge in [0, 0.05) is 30.9 Å². The maximum Gasteiger partial charge on any atom is 0.490 e. The Morgan fingerprint density at radius 3 is 2.05 bits per heavy atom. The van der Waals surface area contributed by atoms with E-state index in [4.69, 9.17) is 24.5 Å². The Labute approximate surface area is 211 Å². The molecule has 0 spiro atoms. The zero-order valence-electron chi connectivity index (χ0n) is 19.5. The van der Waals surface area contributed by atoms with Crippen LogP contribution in [0.1, 0.15) is 24.8 Å². The summed E-state index contributed by atoms with van der Waals surface area (Å²) < 4.78 is 82.6. The van der Waals surface area contributed by atoms with Crippen LogP contribution in [-0.2, 0) is 20.9 Å². The lowest BCUT2D eigenvalue weighted by atomic mass is 9.81. The summed E-state index contributed by atoms with van der Waals surface area (Å²) in [5.41, 5.74) is 1.32.